The van der Waals surface area contributed by atoms with Gasteiger partial charge in [-0.15, -0.1) is 0 Å². The van der Waals surface area contributed by atoms with Gasteiger partial charge >= 0.3 is 0 Å². The molecule has 0 bridgehead atoms. The van der Waals surface area contributed by atoms with Gasteiger partial charge in [0.25, 0.3) is 0 Å². The van der Waals surface area contributed by atoms with Crippen molar-refractivity contribution >= 4 is 0 Å². The van der Waals surface area contributed by atoms with Crippen LogP contribution in [-0.2, 0) is 6.42 Å². The highest BCUT2D eigenvalue weighted by molar-refractivity contribution is 5.30. The number of aryl methyl sites for hydroxylation is 2. The summed E-state index contributed by atoms with van der Waals surface area (Å²) >= 11 is 0. The molecule has 0 radical (unpaired) electrons. The summed E-state index contributed by atoms with van der Waals surface area (Å²) in [4.78, 5) is 2.41. The van der Waals surface area contributed by atoms with Crippen LogP contribution in [0.3, 0.4) is 0 Å². The van der Waals surface area contributed by atoms with Gasteiger partial charge in [-0.2, -0.15) is 0 Å². The van der Waals surface area contributed by atoms with E-state index < -0.39 is 0 Å². The van der Waals surface area contributed by atoms with E-state index in [-0.39, 0.29) is 11.6 Å². The van der Waals surface area contributed by atoms with E-state index in [4.69, 9.17) is 5.73 Å². The normalized spacial score (nSPS) is 20.3. The minimum absolute atomic E-state index is 0.176. The van der Waals surface area contributed by atoms with Gasteiger partial charge in [0.2, 0.25) is 0 Å². The van der Waals surface area contributed by atoms with E-state index in [0.717, 1.165) is 6.42 Å². The van der Waals surface area contributed by atoms with E-state index in [1.807, 2.05) is 0 Å². The van der Waals surface area contributed by atoms with Crippen molar-refractivity contribution in [1.82, 2.24) is 4.90 Å². The molecule has 0 aromatic heterocycles. The quantitative estimate of drug-likeness (QED) is 0.853. The molecule has 2 nitrogen and oxygen atoms in total. The Morgan fingerprint density at radius 1 is 1.05 bits per heavy atom. The lowest BCUT2D eigenvalue weighted by Crippen LogP contribution is -2.58. The third kappa shape index (κ3) is 3.67. The molecule has 0 aliphatic heterocycles. The Bertz CT molecular complexity index is 457. The Labute approximate surface area is 130 Å². The summed E-state index contributed by atoms with van der Waals surface area (Å²) in [6.07, 6.45) is 8.84. The minimum Gasteiger partial charge on any atom is -0.326 e. The second-order valence-electron chi connectivity index (χ2n) is 7.14. The molecule has 0 amide bonds. The number of rotatable bonds is 4. The van der Waals surface area contributed by atoms with Gasteiger partial charge in [0, 0.05) is 11.6 Å². The van der Waals surface area contributed by atoms with Crippen molar-refractivity contribution in [3.05, 3.63) is 34.9 Å². The van der Waals surface area contributed by atoms with Gasteiger partial charge in [-0.1, -0.05) is 43.9 Å². The number of hydrogen-bond donors (Lipinski definition) is 1. The Morgan fingerprint density at radius 2 is 1.67 bits per heavy atom. The zero-order valence-corrected chi connectivity index (χ0v) is 14.3. The molecular formula is C19H32N2. The van der Waals surface area contributed by atoms with Gasteiger partial charge < -0.3 is 10.6 Å². The van der Waals surface area contributed by atoms with E-state index in [2.05, 4.69) is 51.0 Å². The van der Waals surface area contributed by atoms with Gasteiger partial charge in [0.1, 0.15) is 0 Å². The molecule has 2 rings (SSSR count). The van der Waals surface area contributed by atoms with Crippen LogP contribution in [0, 0.1) is 13.8 Å². The smallest absolute Gasteiger partial charge is 0.0357 e. The summed E-state index contributed by atoms with van der Waals surface area (Å²) in [5.74, 6) is 0. The van der Waals surface area contributed by atoms with Crippen LogP contribution in [0.15, 0.2) is 18.2 Å². The van der Waals surface area contributed by atoms with Crippen LogP contribution in [0.2, 0.25) is 0 Å². The third-order valence-electron chi connectivity index (χ3n) is 5.58. The zero-order chi connectivity index (χ0) is 15.5. The molecule has 0 saturated heterocycles. The number of nitrogens with two attached hydrogens (primary N) is 1. The molecule has 1 aliphatic rings. The number of nitrogens with zero attached hydrogens (tertiary/aromatic N) is 1. The minimum atomic E-state index is 0.176. The summed E-state index contributed by atoms with van der Waals surface area (Å²) in [5.41, 5.74) is 11.0. The first kappa shape index (κ1) is 16.5. The maximum absolute atomic E-state index is 6.73. The largest absolute Gasteiger partial charge is 0.326 e. The average molecular weight is 288 g/mol. The third-order valence-corrected chi connectivity index (χ3v) is 5.58. The highest BCUT2D eigenvalue weighted by Crippen LogP contribution is 2.34. The SMILES string of the molecule is Cc1ccc(CC(N)C2(N(C)C)CCCCCC2)cc1C. The molecule has 2 heteroatoms. The molecule has 1 aliphatic carbocycles. The van der Waals surface area contributed by atoms with Crippen molar-refractivity contribution in [3.63, 3.8) is 0 Å². The molecule has 0 spiro atoms. The molecule has 21 heavy (non-hydrogen) atoms. The first-order chi connectivity index (χ1) is 9.95. The fourth-order valence-corrected chi connectivity index (χ4v) is 3.86. The van der Waals surface area contributed by atoms with Crippen LogP contribution in [0.4, 0.5) is 0 Å². The highest BCUT2D eigenvalue weighted by atomic mass is 15.2. The molecule has 2 N–H and O–H groups in total. The second kappa shape index (κ2) is 6.93. The van der Waals surface area contributed by atoms with Crippen molar-refractivity contribution in [2.45, 2.75) is 70.4 Å². The maximum Gasteiger partial charge on any atom is 0.0357 e. The van der Waals surface area contributed by atoms with Crippen LogP contribution < -0.4 is 5.73 Å². The number of benzene rings is 1. The molecule has 0 heterocycles. The van der Waals surface area contributed by atoms with Crippen molar-refractivity contribution in [2.75, 3.05) is 14.1 Å². The van der Waals surface area contributed by atoms with E-state index in [1.165, 1.54) is 55.2 Å². The zero-order valence-electron chi connectivity index (χ0n) is 14.3. The van der Waals surface area contributed by atoms with Gasteiger partial charge in [0.05, 0.1) is 0 Å². The maximum atomic E-state index is 6.73. The summed E-state index contributed by atoms with van der Waals surface area (Å²) in [6.45, 7) is 4.36. The predicted molar refractivity (Wildman–Crippen MR) is 91.7 cm³/mol. The van der Waals surface area contributed by atoms with Crippen LogP contribution in [0.1, 0.15) is 55.2 Å². The van der Waals surface area contributed by atoms with Crippen LogP contribution >= 0.6 is 0 Å². The van der Waals surface area contributed by atoms with E-state index in [0.29, 0.717) is 0 Å². The lowest BCUT2D eigenvalue weighted by atomic mass is 9.79. The molecule has 1 unspecified atom stereocenters. The van der Waals surface area contributed by atoms with E-state index in [9.17, 15) is 0 Å². The molecule has 1 fully saturated rings. The predicted octanol–water partition coefficient (Wildman–Crippen LogP) is 3.83. The molecule has 118 valence electrons. The molecule has 1 atom stereocenters. The van der Waals surface area contributed by atoms with Crippen LogP contribution in [0.25, 0.3) is 0 Å². The van der Waals surface area contributed by atoms with Gasteiger partial charge in [-0.25, -0.2) is 0 Å². The average Bonchev–Trinajstić information content (AvgIpc) is 2.69. The van der Waals surface area contributed by atoms with E-state index in [1.54, 1.807) is 0 Å². The molecular weight excluding hydrogens is 256 g/mol. The Hall–Kier alpha value is -0.860. The first-order valence-corrected chi connectivity index (χ1v) is 8.45. The van der Waals surface area contributed by atoms with Crippen molar-refractivity contribution in [2.24, 2.45) is 5.73 Å². The van der Waals surface area contributed by atoms with E-state index >= 15 is 0 Å². The number of likely N-dealkylation sites (N-methyl/N-ethyl adjacent to an activating group) is 1. The standard InChI is InChI=1S/C19H32N2/c1-15-9-10-17(13-16(15)2)14-18(20)19(21(3)4)11-7-5-6-8-12-19/h9-10,13,18H,5-8,11-12,14,20H2,1-4H3. The van der Waals surface area contributed by atoms with Crippen molar-refractivity contribution in [3.8, 4) is 0 Å². The highest BCUT2D eigenvalue weighted by Gasteiger charge is 2.38. The Kier molecular flexibility index (Phi) is 5.45. The fourth-order valence-electron chi connectivity index (χ4n) is 3.86. The van der Waals surface area contributed by atoms with Gasteiger partial charge in [-0.05, 0) is 63.9 Å². The van der Waals surface area contributed by atoms with Gasteiger partial charge in [0.15, 0.2) is 0 Å². The van der Waals surface area contributed by atoms with Crippen LogP contribution in [0.5, 0.6) is 0 Å². The fraction of sp³-hybridized carbons (Fsp3) is 0.684. The molecule has 1 saturated carbocycles. The monoisotopic (exact) mass is 288 g/mol. The van der Waals surface area contributed by atoms with Crippen LogP contribution in [-0.4, -0.2) is 30.6 Å². The Morgan fingerprint density at radius 3 is 2.19 bits per heavy atom. The Balaban J connectivity index is 2.17. The lowest BCUT2D eigenvalue weighted by Gasteiger charge is -2.44. The molecule has 1 aromatic carbocycles. The summed E-state index contributed by atoms with van der Waals surface area (Å²) in [7, 11) is 4.43. The first-order valence-electron chi connectivity index (χ1n) is 8.45. The summed E-state index contributed by atoms with van der Waals surface area (Å²) in [6, 6.07) is 7.01. The molecule has 1 aromatic rings. The second-order valence-corrected chi connectivity index (χ2v) is 7.14. The van der Waals surface area contributed by atoms with Gasteiger partial charge in [-0.3, -0.25) is 0 Å². The lowest BCUT2D eigenvalue weighted by molar-refractivity contribution is 0.0968. The number of hydrogen-bond acceptors (Lipinski definition) is 2. The van der Waals surface area contributed by atoms with Crippen molar-refractivity contribution in [1.29, 1.82) is 0 Å². The summed E-state index contributed by atoms with van der Waals surface area (Å²) in [5, 5.41) is 0. The van der Waals surface area contributed by atoms with Crippen molar-refractivity contribution < 1.29 is 0 Å². The topological polar surface area (TPSA) is 29.3 Å². The summed E-state index contributed by atoms with van der Waals surface area (Å²) < 4.78 is 0.